The molecule has 0 bridgehead atoms. The third kappa shape index (κ3) is 4.37. The molecule has 2 N–H and O–H groups in total. The number of benzene rings is 2. The zero-order valence-electron chi connectivity index (χ0n) is 15.2. The monoisotopic (exact) mass is 381 g/mol. The molecule has 28 heavy (non-hydrogen) atoms. The quantitative estimate of drug-likeness (QED) is 0.700. The fraction of sp³-hybridized carbons (Fsp3) is 0.0952. The first-order valence-corrected chi connectivity index (χ1v) is 8.44. The van der Waals surface area contributed by atoms with Crippen LogP contribution in [0.3, 0.4) is 0 Å². The largest absolute Gasteiger partial charge is 0.320 e. The molecule has 0 atom stereocenters. The molecule has 0 aliphatic carbocycles. The predicted octanol–water partition coefficient (Wildman–Crippen LogP) is 4.48. The molecule has 0 radical (unpaired) electrons. The number of nitrogens with zero attached hydrogens (tertiary/aromatic N) is 1. The Labute approximate surface area is 160 Å². The van der Waals surface area contributed by atoms with Gasteiger partial charge < -0.3 is 10.6 Å². The summed E-state index contributed by atoms with van der Waals surface area (Å²) < 4.78 is 26.7. The van der Waals surface area contributed by atoms with Crippen molar-refractivity contribution in [3.05, 3.63) is 88.7 Å². The maximum Gasteiger partial charge on any atom is 0.274 e. The van der Waals surface area contributed by atoms with E-state index in [-0.39, 0.29) is 16.9 Å². The Morgan fingerprint density at radius 2 is 1.57 bits per heavy atom. The van der Waals surface area contributed by atoms with E-state index < -0.39 is 23.4 Å². The minimum atomic E-state index is -0.893. The first-order valence-electron chi connectivity index (χ1n) is 8.44. The highest BCUT2D eigenvalue weighted by atomic mass is 19.1. The number of hydrogen-bond acceptors (Lipinski definition) is 3. The van der Waals surface area contributed by atoms with E-state index in [0.29, 0.717) is 11.8 Å². The van der Waals surface area contributed by atoms with E-state index in [4.69, 9.17) is 0 Å². The van der Waals surface area contributed by atoms with Crippen LogP contribution < -0.4 is 10.6 Å². The molecule has 1 aromatic heterocycles. The lowest BCUT2D eigenvalue weighted by Gasteiger charge is -2.10. The molecular weight excluding hydrogens is 364 g/mol. The van der Waals surface area contributed by atoms with Gasteiger partial charge in [0.05, 0.1) is 5.69 Å². The van der Waals surface area contributed by atoms with Crippen LogP contribution in [0.15, 0.2) is 54.7 Å². The van der Waals surface area contributed by atoms with E-state index in [0.717, 1.165) is 23.3 Å². The summed E-state index contributed by atoms with van der Waals surface area (Å²) in [6.45, 7) is 3.82. The van der Waals surface area contributed by atoms with Gasteiger partial charge in [-0.3, -0.25) is 14.6 Å². The molecule has 2 amide bonds. The second kappa shape index (κ2) is 7.96. The predicted molar refractivity (Wildman–Crippen MR) is 102 cm³/mol. The first kappa shape index (κ1) is 19.2. The normalized spacial score (nSPS) is 10.4. The topological polar surface area (TPSA) is 71.1 Å². The van der Waals surface area contributed by atoms with Crippen LogP contribution in [0.25, 0.3) is 0 Å². The summed E-state index contributed by atoms with van der Waals surface area (Å²) in [6, 6.07) is 11.1. The molecule has 5 nitrogen and oxygen atoms in total. The number of nitrogens with one attached hydrogen (secondary N) is 2. The molecular formula is C21H17F2N3O2. The second-order valence-corrected chi connectivity index (χ2v) is 6.28. The van der Waals surface area contributed by atoms with E-state index >= 15 is 0 Å². The molecule has 0 aliphatic heterocycles. The number of aryl methyl sites for hydroxylation is 2. The van der Waals surface area contributed by atoms with E-state index in [1.54, 1.807) is 6.07 Å². The number of amides is 2. The van der Waals surface area contributed by atoms with Crippen LogP contribution >= 0.6 is 0 Å². The highest BCUT2D eigenvalue weighted by molar-refractivity contribution is 6.08. The molecule has 0 saturated carbocycles. The number of halogens is 2. The molecule has 1 heterocycles. The number of anilines is 2. The lowest BCUT2D eigenvalue weighted by Crippen LogP contribution is -2.17. The van der Waals surface area contributed by atoms with Crippen molar-refractivity contribution in [2.45, 2.75) is 13.8 Å². The molecule has 7 heteroatoms. The van der Waals surface area contributed by atoms with Crippen LogP contribution in [0, 0.1) is 25.5 Å². The van der Waals surface area contributed by atoms with Gasteiger partial charge in [0.15, 0.2) is 0 Å². The number of hydrogen-bond donors (Lipinski definition) is 2. The van der Waals surface area contributed by atoms with Gasteiger partial charge in [-0.25, -0.2) is 8.78 Å². The summed E-state index contributed by atoms with van der Waals surface area (Å²) in [5.74, 6) is -2.76. The maximum absolute atomic E-state index is 13.7. The van der Waals surface area contributed by atoms with Gasteiger partial charge in [-0.1, -0.05) is 17.7 Å². The maximum atomic E-state index is 13.7. The van der Waals surface area contributed by atoms with Crippen molar-refractivity contribution in [2.24, 2.45) is 0 Å². The molecule has 2 aromatic carbocycles. The van der Waals surface area contributed by atoms with Crippen molar-refractivity contribution < 1.29 is 18.4 Å². The number of carbonyl (C=O) groups is 2. The van der Waals surface area contributed by atoms with Crippen molar-refractivity contribution in [1.29, 1.82) is 0 Å². The van der Waals surface area contributed by atoms with Gasteiger partial charge in [0.25, 0.3) is 11.8 Å². The molecule has 0 unspecified atom stereocenters. The lowest BCUT2D eigenvalue weighted by atomic mass is 10.1. The third-order valence-corrected chi connectivity index (χ3v) is 4.06. The summed E-state index contributed by atoms with van der Waals surface area (Å²) in [7, 11) is 0. The Bertz CT molecular complexity index is 987. The Morgan fingerprint density at radius 1 is 0.857 bits per heavy atom. The van der Waals surface area contributed by atoms with Crippen LogP contribution in [0.2, 0.25) is 0 Å². The number of pyridine rings is 1. The molecule has 0 spiro atoms. The van der Waals surface area contributed by atoms with Gasteiger partial charge in [0.2, 0.25) is 0 Å². The Balaban J connectivity index is 1.77. The zero-order chi connectivity index (χ0) is 20.3. The number of carbonyl (C=O) groups excluding carboxylic acids is 2. The van der Waals surface area contributed by atoms with Crippen molar-refractivity contribution in [2.75, 3.05) is 10.6 Å². The van der Waals surface area contributed by atoms with Gasteiger partial charge in [0, 0.05) is 23.5 Å². The van der Waals surface area contributed by atoms with Gasteiger partial charge >= 0.3 is 0 Å². The Morgan fingerprint density at radius 3 is 2.29 bits per heavy atom. The van der Waals surface area contributed by atoms with Crippen LogP contribution in [0.5, 0.6) is 0 Å². The van der Waals surface area contributed by atoms with E-state index in [1.807, 2.05) is 26.0 Å². The van der Waals surface area contributed by atoms with E-state index in [2.05, 4.69) is 15.6 Å². The van der Waals surface area contributed by atoms with Crippen LogP contribution in [-0.2, 0) is 0 Å². The standard InChI is InChI=1S/C21H17F2N3O2/c1-12-3-5-17(13(2)9-12)25-21(28)19-10-14(7-8-24-19)20(27)26-18-6-4-15(22)11-16(18)23/h3-11H,1-2H3,(H,25,28)(H,26,27). The minimum absolute atomic E-state index is 0.0344. The average molecular weight is 381 g/mol. The molecule has 3 aromatic rings. The van der Waals surface area contributed by atoms with Crippen molar-refractivity contribution in [1.82, 2.24) is 4.98 Å². The fourth-order valence-electron chi connectivity index (χ4n) is 2.62. The molecule has 0 aliphatic rings. The summed E-state index contributed by atoms with van der Waals surface area (Å²) in [5, 5.41) is 5.09. The lowest BCUT2D eigenvalue weighted by molar-refractivity contribution is 0.102. The van der Waals surface area contributed by atoms with Crippen molar-refractivity contribution >= 4 is 23.2 Å². The van der Waals surface area contributed by atoms with Crippen LogP contribution in [0.1, 0.15) is 32.0 Å². The highest BCUT2D eigenvalue weighted by Gasteiger charge is 2.14. The average Bonchev–Trinajstić information content (AvgIpc) is 2.66. The van der Waals surface area contributed by atoms with E-state index in [9.17, 15) is 18.4 Å². The Hall–Kier alpha value is -3.61. The molecule has 3 rings (SSSR count). The summed E-state index contributed by atoms with van der Waals surface area (Å²) in [6.07, 6.45) is 1.31. The van der Waals surface area contributed by atoms with Crippen molar-refractivity contribution in [3.8, 4) is 0 Å². The fourth-order valence-corrected chi connectivity index (χ4v) is 2.62. The van der Waals surface area contributed by atoms with Gasteiger partial charge in [-0.2, -0.15) is 0 Å². The Kier molecular flexibility index (Phi) is 5.44. The summed E-state index contributed by atoms with van der Waals surface area (Å²) in [4.78, 5) is 28.8. The summed E-state index contributed by atoms with van der Waals surface area (Å²) in [5.41, 5.74) is 2.59. The van der Waals surface area contributed by atoms with Crippen LogP contribution in [-0.4, -0.2) is 16.8 Å². The second-order valence-electron chi connectivity index (χ2n) is 6.28. The SMILES string of the molecule is Cc1ccc(NC(=O)c2cc(C(=O)Nc3ccc(F)cc3F)ccn2)c(C)c1. The third-order valence-electron chi connectivity index (χ3n) is 4.06. The molecule has 0 fully saturated rings. The van der Waals surface area contributed by atoms with Gasteiger partial charge in [-0.15, -0.1) is 0 Å². The van der Waals surface area contributed by atoms with Crippen LogP contribution in [0.4, 0.5) is 20.2 Å². The van der Waals surface area contributed by atoms with Crippen molar-refractivity contribution in [3.63, 3.8) is 0 Å². The smallest absolute Gasteiger partial charge is 0.274 e. The minimum Gasteiger partial charge on any atom is -0.320 e. The summed E-state index contributed by atoms with van der Waals surface area (Å²) >= 11 is 0. The van der Waals surface area contributed by atoms with E-state index in [1.165, 1.54) is 18.3 Å². The van der Waals surface area contributed by atoms with Gasteiger partial charge in [0.1, 0.15) is 17.3 Å². The molecule has 142 valence electrons. The molecule has 0 saturated heterocycles. The zero-order valence-corrected chi connectivity index (χ0v) is 15.2. The number of aromatic nitrogens is 1. The first-order chi connectivity index (χ1) is 13.3. The number of rotatable bonds is 4. The highest BCUT2D eigenvalue weighted by Crippen LogP contribution is 2.18. The van der Waals surface area contributed by atoms with Gasteiger partial charge in [-0.05, 0) is 49.7 Å².